The fraction of sp³-hybridized carbons (Fsp3) is 0.211. The average molecular weight is 436 g/mol. The molecule has 162 valence electrons. The Hall–Kier alpha value is -3.80. The minimum absolute atomic E-state index is 0.00779. The molecule has 4 aromatic rings. The molecule has 0 saturated carbocycles. The Morgan fingerprint density at radius 2 is 2.00 bits per heavy atom. The van der Waals surface area contributed by atoms with Crippen LogP contribution in [0.5, 0.6) is 5.75 Å². The molecule has 2 aromatic carbocycles. The molecule has 0 saturated heterocycles. The highest BCUT2D eigenvalue weighted by Gasteiger charge is 2.31. The van der Waals surface area contributed by atoms with Crippen molar-refractivity contribution in [2.45, 2.75) is 12.9 Å². The number of carboxylic acid groups (broad SMARTS) is 1. The highest BCUT2D eigenvalue weighted by Crippen LogP contribution is 2.30. The third kappa shape index (κ3) is 4.38. The smallest absolute Gasteiger partial charge is 0.478 e. The Bertz CT molecular complexity index is 1260. The number of carbonyl (C=O) groups is 1. The van der Waals surface area contributed by atoms with E-state index >= 15 is 0 Å². The van der Waals surface area contributed by atoms with Crippen LogP contribution in [0.25, 0.3) is 22.1 Å². The summed E-state index contributed by atoms with van der Waals surface area (Å²) in [5.41, 5.74) is 1.55. The Morgan fingerprint density at radius 1 is 1.19 bits per heavy atom. The summed E-state index contributed by atoms with van der Waals surface area (Å²) in [7, 11) is 1.54. The normalized spacial score (nSPS) is 11.9. The first-order valence-corrected chi connectivity index (χ1v) is 8.89. The second kappa shape index (κ2) is 7.80. The largest absolute Gasteiger partial charge is 0.573 e. The average Bonchev–Trinajstić information content (AvgIpc) is 3.24. The fourth-order valence-corrected chi connectivity index (χ4v) is 3.02. The van der Waals surface area contributed by atoms with E-state index in [0.717, 1.165) is 12.1 Å². The summed E-state index contributed by atoms with van der Waals surface area (Å²) in [6, 6.07) is 8.04. The van der Waals surface area contributed by atoms with Crippen LogP contribution in [-0.2, 0) is 11.3 Å². The SMILES string of the molecule is COCCn1c(Nc2nc3ccc(OC(F)(F)F)cc3o2)nc2cc(C(=O)O)ccc21. The van der Waals surface area contributed by atoms with Crippen molar-refractivity contribution in [2.24, 2.45) is 0 Å². The van der Waals surface area contributed by atoms with Gasteiger partial charge in [-0.2, -0.15) is 4.98 Å². The summed E-state index contributed by atoms with van der Waals surface area (Å²) >= 11 is 0. The number of ether oxygens (including phenoxy) is 2. The Balaban J connectivity index is 1.69. The number of hydrogen-bond acceptors (Lipinski definition) is 7. The van der Waals surface area contributed by atoms with E-state index in [9.17, 15) is 23.1 Å². The number of aromatic carboxylic acids is 1. The number of benzene rings is 2. The van der Waals surface area contributed by atoms with Crippen molar-refractivity contribution < 1.29 is 37.0 Å². The van der Waals surface area contributed by atoms with E-state index in [0.29, 0.717) is 35.7 Å². The molecule has 2 heterocycles. The van der Waals surface area contributed by atoms with Crippen molar-refractivity contribution in [3.63, 3.8) is 0 Å². The van der Waals surface area contributed by atoms with Gasteiger partial charge in [0.25, 0.3) is 0 Å². The van der Waals surface area contributed by atoms with Gasteiger partial charge in [-0.15, -0.1) is 13.2 Å². The van der Waals surface area contributed by atoms with E-state index < -0.39 is 18.1 Å². The van der Waals surface area contributed by atoms with E-state index in [2.05, 4.69) is 20.0 Å². The van der Waals surface area contributed by atoms with E-state index in [1.54, 1.807) is 10.6 Å². The molecule has 12 heteroatoms. The van der Waals surface area contributed by atoms with Crippen molar-refractivity contribution in [1.82, 2.24) is 14.5 Å². The predicted molar refractivity (Wildman–Crippen MR) is 103 cm³/mol. The second-order valence-corrected chi connectivity index (χ2v) is 6.41. The molecule has 0 radical (unpaired) electrons. The monoisotopic (exact) mass is 436 g/mol. The standard InChI is InChI=1S/C19H15F3N4O5/c1-29-7-6-26-14-5-2-10(16(27)28)8-13(14)23-17(26)25-18-24-12-4-3-11(9-15(12)30-18)31-19(20,21)22/h2-5,8-9H,6-7H2,1H3,(H,27,28)(H,23,24,25). The van der Waals surface area contributed by atoms with Gasteiger partial charge in [-0.05, 0) is 30.3 Å². The number of carboxylic acids is 1. The molecule has 2 aromatic heterocycles. The molecule has 0 spiro atoms. The molecule has 0 amide bonds. The first kappa shape index (κ1) is 20.5. The van der Waals surface area contributed by atoms with Crippen molar-refractivity contribution in [2.75, 3.05) is 19.0 Å². The molecule has 0 aliphatic heterocycles. The molecule has 31 heavy (non-hydrogen) atoms. The van der Waals surface area contributed by atoms with Gasteiger partial charge in [0.1, 0.15) is 11.3 Å². The van der Waals surface area contributed by atoms with Crippen LogP contribution in [0.15, 0.2) is 40.8 Å². The first-order chi connectivity index (χ1) is 14.7. The second-order valence-electron chi connectivity index (χ2n) is 6.41. The molecule has 0 atom stereocenters. The Labute approximate surface area is 172 Å². The number of aromatic nitrogens is 3. The number of nitrogens with zero attached hydrogens (tertiary/aromatic N) is 3. The van der Waals surface area contributed by atoms with Gasteiger partial charge in [-0.1, -0.05) is 0 Å². The van der Waals surface area contributed by atoms with Crippen LogP contribution in [0.4, 0.5) is 25.1 Å². The maximum absolute atomic E-state index is 12.4. The van der Waals surface area contributed by atoms with Gasteiger partial charge < -0.3 is 23.6 Å². The summed E-state index contributed by atoms with van der Waals surface area (Å²) in [5, 5.41) is 12.1. The van der Waals surface area contributed by atoms with Gasteiger partial charge in [0, 0.05) is 19.7 Å². The van der Waals surface area contributed by atoms with E-state index in [1.807, 2.05) is 0 Å². The lowest BCUT2D eigenvalue weighted by atomic mass is 10.2. The number of rotatable bonds is 7. The van der Waals surface area contributed by atoms with Crippen LogP contribution in [0.1, 0.15) is 10.4 Å². The zero-order valence-electron chi connectivity index (χ0n) is 15.9. The molecule has 0 aliphatic carbocycles. The molecule has 4 rings (SSSR count). The van der Waals surface area contributed by atoms with Gasteiger partial charge in [-0.3, -0.25) is 5.32 Å². The van der Waals surface area contributed by atoms with Crippen LogP contribution in [0, 0.1) is 0 Å². The number of halogens is 3. The number of oxazole rings is 1. The minimum Gasteiger partial charge on any atom is -0.478 e. The highest BCUT2D eigenvalue weighted by atomic mass is 19.4. The van der Waals surface area contributed by atoms with Crippen LogP contribution >= 0.6 is 0 Å². The van der Waals surface area contributed by atoms with Crippen molar-refractivity contribution in [3.8, 4) is 5.75 Å². The number of methoxy groups -OCH3 is 1. The van der Waals surface area contributed by atoms with E-state index in [4.69, 9.17) is 9.15 Å². The number of anilines is 2. The third-order valence-corrected chi connectivity index (χ3v) is 4.33. The molecule has 2 N–H and O–H groups in total. The first-order valence-electron chi connectivity index (χ1n) is 8.89. The van der Waals surface area contributed by atoms with Crippen molar-refractivity contribution in [1.29, 1.82) is 0 Å². The Morgan fingerprint density at radius 3 is 2.71 bits per heavy atom. The molecule has 0 fully saturated rings. The summed E-state index contributed by atoms with van der Waals surface area (Å²) in [5.74, 6) is -1.22. The summed E-state index contributed by atoms with van der Waals surface area (Å²) in [6.45, 7) is 0.748. The lowest BCUT2D eigenvalue weighted by molar-refractivity contribution is -0.274. The van der Waals surface area contributed by atoms with Crippen LogP contribution in [-0.4, -0.2) is 45.7 Å². The van der Waals surface area contributed by atoms with E-state index in [1.165, 1.54) is 25.3 Å². The quantitative estimate of drug-likeness (QED) is 0.444. The van der Waals surface area contributed by atoms with Crippen molar-refractivity contribution in [3.05, 3.63) is 42.0 Å². The van der Waals surface area contributed by atoms with Gasteiger partial charge in [0.15, 0.2) is 5.58 Å². The lowest BCUT2D eigenvalue weighted by Gasteiger charge is -2.08. The molecule has 0 aliphatic rings. The number of imidazole rings is 1. The molecule has 9 nitrogen and oxygen atoms in total. The van der Waals surface area contributed by atoms with Crippen LogP contribution in [0.3, 0.4) is 0 Å². The van der Waals surface area contributed by atoms with Gasteiger partial charge in [0.05, 0.1) is 23.2 Å². The maximum Gasteiger partial charge on any atom is 0.573 e. The van der Waals surface area contributed by atoms with E-state index in [-0.39, 0.29) is 17.2 Å². The number of nitrogens with one attached hydrogen (secondary N) is 1. The van der Waals surface area contributed by atoms with Crippen LogP contribution in [0.2, 0.25) is 0 Å². The summed E-state index contributed by atoms with van der Waals surface area (Å²) < 4.78 is 53.5. The number of alkyl halides is 3. The maximum atomic E-state index is 12.4. The van der Waals surface area contributed by atoms with Gasteiger partial charge in [0.2, 0.25) is 5.95 Å². The summed E-state index contributed by atoms with van der Waals surface area (Å²) in [4.78, 5) is 19.8. The zero-order chi connectivity index (χ0) is 22.2. The highest BCUT2D eigenvalue weighted by molar-refractivity contribution is 5.93. The topological polar surface area (TPSA) is 112 Å². The number of hydrogen-bond donors (Lipinski definition) is 2. The van der Waals surface area contributed by atoms with Gasteiger partial charge >= 0.3 is 18.3 Å². The minimum atomic E-state index is -4.82. The van der Waals surface area contributed by atoms with Crippen LogP contribution < -0.4 is 10.1 Å². The zero-order valence-corrected chi connectivity index (χ0v) is 15.9. The van der Waals surface area contributed by atoms with Gasteiger partial charge in [-0.25, -0.2) is 9.78 Å². The number of fused-ring (bicyclic) bond motifs is 2. The Kier molecular flexibility index (Phi) is 5.15. The molecule has 0 bridgehead atoms. The fourth-order valence-electron chi connectivity index (χ4n) is 3.02. The molecular weight excluding hydrogens is 421 g/mol. The summed E-state index contributed by atoms with van der Waals surface area (Å²) in [6.07, 6.45) is -4.82. The molecular formula is C19H15F3N4O5. The third-order valence-electron chi connectivity index (χ3n) is 4.33. The van der Waals surface area contributed by atoms with Crippen molar-refractivity contribution >= 4 is 40.1 Å². The predicted octanol–water partition coefficient (Wildman–Crippen LogP) is 4.16. The lowest BCUT2D eigenvalue weighted by Crippen LogP contribution is -2.16. The molecule has 0 unspecified atom stereocenters.